The highest BCUT2D eigenvalue weighted by atomic mass is 19.1. The van der Waals surface area contributed by atoms with Gasteiger partial charge in [-0.25, -0.2) is 4.39 Å². The molecule has 0 aromatic heterocycles. The fraction of sp³-hybridized carbons (Fsp3) is 0.571. The average Bonchev–Trinajstić information content (AvgIpc) is 2.42. The van der Waals surface area contributed by atoms with E-state index in [2.05, 4.69) is 12.2 Å². The third kappa shape index (κ3) is 3.29. The molecule has 19 heavy (non-hydrogen) atoms. The van der Waals surface area contributed by atoms with Crippen molar-refractivity contribution in [2.75, 3.05) is 31.4 Å². The summed E-state index contributed by atoms with van der Waals surface area (Å²) in [6, 6.07) is 3.17. The minimum absolute atomic E-state index is 0.205. The average molecular weight is 268 g/mol. The van der Waals surface area contributed by atoms with Gasteiger partial charge >= 0.3 is 0 Å². The molecule has 0 amide bonds. The molecule has 0 saturated carbocycles. The number of hydrogen-bond donors (Lipinski definition) is 2. The molecule has 0 bridgehead atoms. The van der Waals surface area contributed by atoms with E-state index in [0.717, 1.165) is 31.7 Å². The van der Waals surface area contributed by atoms with Gasteiger partial charge in [0, 0.05) is 31.4 Å². The van der Waals surface area contributed by atoms with Crippen LogP contribution in [0.4, 0.5) is 15.8 Å². The summed E-state index contributed by atoms with van der Waals surface area (Å²) in [6.45, 7) is 3.73. The Morgan fingerprint density at radius 2 is 2.11 bits per heavy atom. The molecule has 4 nitrogen and oxygen atoms in total. The second-order valence-electron chi connectivity index (χ2n) is 4.96. The molecular weight excluding hydrogens is 247 g/mol. The van der Waals surface area contributed by atoms with Gasteiger partial charge in [-0.2, -0.15) is 0 Å². The van der Waals surface area contributed by atoms with Crippen molar-refractivity contribution in [3.8, 4) is 5.75 Å². The molecule has 1 aromatic carbocycles. The molecular formula is C14H21FN2O2. The molecule has 1 aliphatic heterocycles. The number of hydrogen-bond acceptors (Lipinski definition) is 4. The lowest BCUT2D eigenvalue weighted by Crippen LogP contribution is -2.31. The standard InChI is InChI=1S/C14H21FN2O2/c1-9(10-3-5-19-6-4-10)17-13-8-14(18-2)11(15)7-12(13)16/h7-10,17H,3-6,16H2,1-2H3. The second kappa shape index (κ2) is 6.10. The molecule has 1 heterocycles. The van der Waals surface area contributed by atoms with E-state index in [1.54, 1.807) is 6.07 Å². The summed E-state index contributed by atoms with van der Waals surface area (Å²) in [7, 11) is 1.44. The van der Waals surface area contributed by atoms with Gasteiger partial charge in [0.05, 0.1) is 18.5 Å². The fourth-order valence-corrected chi connectivity index (χ4v) is 2.43. The first-order valence-electron chi connectivity index (χ1n) is 6.59. The quantitative estimate of drug-likeness (QED) is 0.824. The van der Waals surface area contributed by atoms with Crippen LogP contribution in [0, 0.1) is 11.7 Å². The Hall–Kier alpha value is -1.49. The van der Waals surface area contributed by atoms with Gasteiger partial charge in [0.15, 0.2) is 11.6 Å². The molecule has 2 rings (SSSR count). The first kappa shape index (κ1) is 13.9. The van der Waals surface area contributed by atoms with Gasteiger partial charge in [0.1, 0.15) is 0 Å². The number of anilines is 2. The molecule has 5 heteroatoms. The Labute approximate surface area is 113 Å². The molecule has 1 saturated heterocycles. The van der Waals surface area contributed by atoms with Crippen LogP contribution in [0.15, 0.2) is 12.1 Å². The van der Waals surface area contributed by atoms with Crippen molar-refractivity contribution in [3.05, 3.63) is 17.9 Å². The van der Waals surface area contributed by atoms with Crippen LogP contribution in [0.25, 0.3) is 0 Å². The van der Waals surface area contributed by atoms with Gasteiger partial charge < -0.3 is 20.5 Å². The Bertz CT molecular complexity index is 434. The van der Waals surface area contributed by atoms with E-state index in [9.17, 15) is 4.39 Å². The van der Waals surface area contributed by atoms with Crippen LogP contribution in [0.5, 0.6) is 5.75 Å². The van der Waals surface area contributed by atoms with E-state index in [1.165, 1.54) is 13.2 Å². The maximum absolute atomic E-state index is 13.5. The van der Waals surface area contributed by atoms with Gasteiger partial charge in [0.2, 0.25) is 0 Å². The Morgan fingerprint density at radius 3 is 2.74 bits per heavy atom. The van der Waals surface area contributed by atoms with Crippen molar-refractivity contribution in [1.82, 2.24) is 0 Å². The number of nitrogens with one attached hydrogen (secondary N) is 1. The summed E-state index contributed by atoms with van der Waals surface area (Å²) < 4.78 is 23.8. The molecule has 0 aliphatic carbocycles. The number of nitrogen functional groups attached to an aromatic ring is 1. The summed E-state index contributed by atoms with van der Waals surface area (Å²) in [5, 5.41) is 3.35. The number of rotatable bonds is 4. The highest BCUT2D eigenvalue weighted by molar-refractivity contribution is 5.69. The molecule has 1 fully saturated rings. The molecule has 1 aliphatic rings. The third-order valence-corrected chi connectivity index (χ3v) is 3.68. The van der Waals surface area contributed by atoms with E-state index < -0.39 is 5.82 Å². The lowest BCUT2D eigenvalue weighted by atomic mass is 9.92. The normalized spacial score (nSPS) is 18.1. The number of benzene rings is 1. The maximum Gasteiger partial charge on any atom is 0.167 e. The zero-order valence-electron chi connectivity index (χ0n) is 11.4. The predicted molar refractivity (Wildman–Crippen MR) is 74.0 cm³/mol. The zero-order valence-corrected chi connectivity index (χ0v) is 11.4. The van der Waals surface area contributed by atoms with Gasteiger partial charge in [-0.05, 0) is 25.7 Å². The molecule has 3 N–H and O–H groups in total. The Morgan fingerprint density at radius 1 is 1.42 bits per heavy atom. The van der Waals surface area contributed by atoms with Crippen LogP contribution >= 0.6 is 0 Å². The topological polar surface area (TPSA) is 56.5 Å². The van der Waals surface area contributed by atoms with Crippen LogP contribution in [-0.4, -0.2) is 26.4 Å². The number of ether oxygens (including phenoxy) is 2. The van der Waals surface area contributed by atoms with Crippen molar-refractivity contribution in [1.29, 1.82) is 0 Å². The van der Waals surface area contributed by atoms with Crippen LogP contribution in [0.2, 0.25) is 0 Å². The van der Waals surface area contributed by atoms with Crippen molar-refractivity contribution >= 4 is 11.4 Å². The molecule has 0 spiro atoms. The van der Waals surface area contributed by atoms with E-state index in [1.807, 2.05) is 0 Å². The monoisotopic (exact) mass is 268 g/mol. The summed E-state index contributed by atoms with van der Waals surface area (Å²) in [5.41, 5.74) is 6.96. The molecule has 1 atom stereocenters. The van der Waals surface area contributed by atoms with Crippen molar-refractivity contribution < 1.29 is 13.9 Å². The minimum atomic E-state index is -0.440. The summed E-state index contributed by atoms with van der Waals surface area (Å²) in [6.07, 6.45) is 2.07. The van der Waals surface area contributed by atoms with Gasteiger partial charge in [-0.15, -0.1) is 0 Å². The van der Waals surface area contributed by atoms with Crippen molar-refractivity contribution in [2.24, 2.45) is 5.92 Å². The Balaban J connectivity index is 2.09. The number of nitrogens with two attached hydrogens (primary N) is 1. The smallest absolute Gasteiger partial charge is 0.167 e. The molecule has 1 aromatic rings. The zero-order chi connectivity index (χ0) is 13.8. The molecule has 1 unspecified atom stereocenters. The first-order chi connectivity index (χ1) is 9.11. The summed E-state index contributed by atoms with van der Waals surface area (Å²) >= 11 is 0. The fourth-order valence-electron chi connectivity index (χ4n) is 2.43. The predicted octanol–water partition coefficient (Wildman–Crippen LogP) is 2.64. The molecule has 0 radical (unpaired) electrons. The highest BCUT2D eigenvalue weighted by Crippen LogP contribution is 2.30. The largest absolute Gasteiger partial charge is 0.494 e. The van der Waals surface area contributed by atoms with E-state index >= 15 is 0 Å². The second-order valence-corrected chi connectivity index (χ2v) is 4.96. The van der Waals surface area contributed by atoms with Gasteiger partial charge in [-0.3, -0.25) is 0 Å². The van der Waals surface area contributed by atoms with E-state index in [4.69, 9.17) is 15.2 Å². The van der Waals surface area contributed by atoms with Gasteiger partial charge in [0.25, 0.3) is 0 Å². The SMILES string of the molecule is COc1cc(NC(C)C2CCOCC2)c(N)cc1F. The van der Waals surface area contributed by atoms with Crippen LogP contribution in [-0.2, 0) is 4.74 Å². The molecule has 106 valence electrons. The van der Waals surface area contributed by atoms with E-state index in [-0.39, 0.29) is 11.8 Å². The number of halogens is 1. The van der Waals surface area contributed by atoms with Gasteiger partial charge in [-0.1, -0.05) is 0 Å². The third-order valence-electron chi connectivity index (χ3n) is 3.68. The van der Waals surface area contributed by atoms with E-state index in [0.29, 0.717) is 11.6 Å². The minimum Gasteiger partial charge on any atom is -0.494 e. The van der Waals surface area contributed by atoms with Crippen LogP contribution in [0.3, 0.4) is 0 Å². The highest BCUT2D eigenvalue weighted by Gasteiger charge is 2.21. The number of methoxy groups -OCH3 is 1. The van der Waals surface area contributed by atoms with Crippen LogP contribution in [0.1, 0.15) is 19.8 Å². The lowest BCUT2D eigenvalue weighted by Gasteiger charge is -2.29. The van der Waals surface area contributed by atoms with Crippen LogP contribution < -0.4 is 15.8 Å². The van der Waals surface area contributed by atoms with Crippen molar-refractivity contribution in [2.45, 2.75) is 25.8 Å². The summed E-state index contributed by atoms with van der Waals surface area (Å²) in [5.74, 6) is 0.310. The Kier molecular flexibility index (Phi) is 4.47. The lowest BCUT2D eigenvalue weighted by molar-refractivity contribution is 0.0622. The summed E-state index contributed by atoms with van der Waals surface area (Å²) in [4.78, 5) is 0. The first-order valence-corrected chi connectivity index (χ1v) is 6.59. The maximum atomic E-state index is 13.5. The van der Waals surface area contributed by atoms with Crippen molar-refractivity contribution in [3.63, 3.8) is 0 Å².